The van der Waals surface area contributed by atoms with Crippen LogP contribution in [0.4, 0.5) is 5.69 Å². The van der Waals surface area contributed by atoms with Crippen LogP contribution in [0.3, 0.4) is 0 Å². The average Bonchev–Trinajstić information content (AvgIpc) is 2.74. The van der Waals surface area contributed by atoms with Crippen molar-refractivity contribution in [2.24, 2.45) is 0 Å². The van der Waals surface area contributed by atoms with Crippen molar-refractivity contribution in [2.75, 3.05) is 38.8 Å². The molecule has 1 amide bonds. The fourth-order valence-corrected chi connectivity index (χ4v) is 4.46. The Bertz CT molecular complexity index is 827. The second kappa shape index (κ2) is 7.43. The van der Waals surface area contributed by atoms with Crippen LogP contribution in [0.25, 0.3) is 0 Å². The van der Waals surface area contributed by atoms with Gasteiger partial charge in [-0.3, -0.25) is 4.79 Å². The van der Waals surface area contributed by atoms with E-state index in [1.807, 2.05) is 4.90 Å². The zero-order valence-electron chi connectivity index (χ0n) is 16.7. The van der Waals surface area contributed by atoms with Gasteiger partial charge in [0.15, 0.2) is 0 Å². The van der Waals surface area contributed by atoms with E-state index in [1.165, 1.54) is 11.3 Å². The molecule has 6 heteroatoms. The summed E-state index contributed by atoms with van der Waals surface area (Å²) in [5.74, 6) is 0.542. The van der Waals surface area contributed by atoms with Gasteiger partial charge in [0.2, 0.25) is 5.88 Å². The number of benzene rings is 1. The van der Waals surface area contributed by atoms with Crippen molar-refractivity contribution in [3.8, 4) is 5.88 Å². The maximum atomic E-state index is 12.9. The van der Waals surface area contributed by atoms with Crippen molar-refractivity contribution < 1.29 is 14.3 Å². The Kier molecular flexibility index (Phi) is 4.98. The molecule has 148 valence electrons. The Hall–Kier alpha value is -2.60. The number of hydrogen-bond acceptors (Lipinski definition) is 5. The molecule has 0 bridgehead atoms. The molecular formula is C22H27N3O3. The molecule has 0 radical (unpaired) electrons. The van der Waals surface area contributed by atoms with Crippen LogP contribution in [0.2, 0.25) is 0 Å². The Morgan fingerprint density at radius 3 is 2.39 bits per heavy atom. The van der Waals surface area contributed by atoms with Crippen LogP contribution in [0.15, 0.2) is 42.6 Å². The lowest BCUT2D eigenvalue weighted by Crippen LogP contribution is -2.74. The Morgan fingerprint density at radius 2 is 1.82 bits per heavy atom. The first-order valence-electron chi connectivity index (χ1n) is 9.74. The summed E-state index contributed by atoms with van der Waals surface area (Å²) in [6.07, 6.45) is 3.59. The molecule has 2 saturated heterocycles. The highest BCUT2D eigenvalue weighted by Gasteiger charge is 2.55. The number of aryl methyl sites for hydroxylation is 1. The van der Waals surface area contributed by atoms with Crippen LogP contribution >= 0.6 is 0 Å². The molecule has 6 nitrogen and oxygen atoms in total. The summed E-state index contributed by atoms with van der Waals surface area (Å²) < 4.78 is 10.9. The van der Waals surface area contributed by atoms with E-state index in [2.05, 4.69) is 41.1 Å². The van der Waals surface area contributed by atoms with Gasteiger partial charge in [-0.15, -0.1) is 0 Å². The number of methoxy groups -OCH3 is 2. The van der Waals surface area contributed by atoms with Gasteiger partial charge >= 0.3 is 0 Å². The molecule has 4 rings (SSSR count). The lowest BCUT2D eigenvalue weighted by molar-refractivity contribution is -0.0433. The highest BCUT2D eigenvalue weighted by Crippen LogP contribution is 2.44. The number of piperidine rings is 1. The summed E-state index contributed by atoms with van der Waals surface area (Å²) in [4.78, 5) is 21.4. The molecule has 1 aromatic heterocycles. The molecule has 0 aliphatic carbocycles. The summed E-state index contributed by atoms with van der Waals surface area (Å²) >= 11 is 0. The van der Waals surface area contributed by atoms with E-state index in [0.717, 1.165) is 19.4 Å². The van der Waals surface area contributed by atoms with E-state index < -0.39 is 0 Å². The number of likely N-dealkylation sites (tertiary alicyclic amines) is 1. The maximum absolute atomic E-state index is 12.9. The summed E-state index contributed by atoms with van der Waals surface area (Å²) in [6.45, 7) is 4.43. The minimum atomic E-state index is -0.0288. The van der Waals surface area contributed by atoms with Crippen LogP contribution in [-0.2, 0) is 4.74 Å². The first kappa shape index (κ1) is 18.7. The number of rotatable bonds is 4. The molecule has 1 atom stereocenters. The normalized spacial score (nSPS) is 20.8. The van der Waals surface area contributed by atoms with Crippen molar-refractivity contribution >= 4 is 11.6 Å². The number of anilines is 1. The zero-order chi connectivity index (χ0) is 19.7. The number of pyridine rings is 1. The van der Waals surface area contributed by atoms with Gasteiger partial charge in [0, 0.05) is 44.7 Å². The molecule has 2 fully saturated rings. The molecule has 0 saturated carbocycles. The van der Waals surface area contributed by atoms with Gasteiger partial charge in [-0.1, -0.05) is 17.7 Å². The van der Waals surface area contributed by atoms with Gasteiger partial charge in [-0.05, 0) is 38.0 Å². The van der Waals surface area contributed by atoms with Gasteiger partial charge in [-0.2, -0.15) is 0 Å². The fourth-order valence-electron chi connectivity index (χ4n) is 4.46. The average molecular weight is 381 g/mol. The molecule has 0 unspecified atom stereocenters. The summed E-state index contributed by atoms with van der Waals surface area (Å²) in [7, 11) is 3.36. The second-order valence-electron chi connectivity index (χ2n) is 7.66. The van der Waals surface area contributed by atoms with E-state index in [9.17, 15) is 4.79 Å². The van der Waals surface area contributed by atoms with Crippen molar-refractivity contribution in [3.63, 3.8) is 0 Å². The van der Waals surface area contributed by atoms with Gasteiger partial charge in [-0.25, -0.2) is 4.98 Å². The largest absolute Gasteiger partial charge is 0.481 e. The lowest BCUT2D eigenvalue weighted by atomic mass is 9.73. The Morgan fingerprint density at radius 1 is 1.11 bits per heavy atom. The standard InChI is InChI=1S/C22H27N3O3/c1-16-4-7-18(8-5-16)25-15-19(27-2)22(25)10-12-24(13-11-22)21(26)17-6-9-20(28-3)23-14-17/h4-9,14,19H,10-13,15H2,1-3H3/t19-/m0/s1. The van der Waals surface area contributed by atoms with E-state index in [-0.39, 0.29) is 17.6 Å². The molecule has 28 heavy (non-hydrogen) atoms. The molecule has 2 aliphatic heterocycles. The number of carbonyl (C=O) groups is 1. The quantitative estimate of drug-likeness (QED) is 0.815. The van der Waals surface area contributed by atoms with E-state index in [0.29, 0.717) is 24.5 Å². The maximum Gasteiger partial charge on any atom is 0.255 e. The zero-order valence-corrected chi connectivity index (χ0v) is 16.7. The first-order valence-corrected chi connectivity index (χ1v) is 9.74. The second-order valence-corrected chi connectivity index (χ2v) is 7.66. The van der Waals surface area contributed by atoms with E-state index in [1.54, 1.807) is 32.5 Å². The molecule has 2 aliphatic rings. The lowest BCUT2D eigenvalue weighted by Gasteiger charge is -2.61. The summed E-state index contributed by atoms with van der Waals surface area (Å²) in [5, 5.41) is 0. The third-order valence-corrected chi connectivity index (χ3v) is 6.22. The minimum Gasteiger partial charge on any atom is -0.481 e. The smallest absolute Gasteiger partial charge is 0.255 e. The van der Waals surface area contributed by atoms with Gasteiger partial charge in [0.1, 0.15) is 0 Å². The number of aromatic nitrogens is 1. The molecular weight excluding hydrogens is 354 g/mol. The first-order chi connectivity index (χ1) is 13.6. The Labute approximate surface area is 166 Å². The van der Waals surface area contributed by atoms with Crippen molar-refractivity contribution in [1.82, 2.24) is 9.88 Å². The predicted molar refractivity (Wildman–Crippen MR) is 108 cm³/mol. The van der Waals surface area contributed by atoms with Crippen LogP contribution < -0.4 is 9.64 Å². The third-order valence-electron chi connectivity index (χ3n) is 6.22. The van der Waals surface area contributed by atoms with Crippen LogP contribution in [0.1, 0.15) is 28.8 Å². The molecule has 1 aromatic carbocycles. The van der Waals surface area contributed by atoms with Crippen LogP contribution in [0, 0.1) is 6.92 Å². The minimum absolute atomic E-state index is 0.0279. The number of carbonyl (C=O) groups excluding carboxylic acids is 1. The monoisotopic (exact) mass is 381 g/mol. The molecule has 2 aromatic rings. The fraction of sp³-hybridized carbons (Fsp3) is 0.455. The number of amides is 1. The highest BCUT2D eigenvalue weighted by atomic mass is 16.5. The topological polar surface area (TPSA) is 54.9 Å². The number of nitrogens with zero attached hydrogens (tertiary/aromatic N) is 3. The number of hydrogen-bond donors (Lipinski definition) is 0. The van der Waals surface area contributed by atoms with Gasteiger partial charge in [0.25, 0.3) is 5.91 Å². The van der Waals surface area contributed by atoms with Gasteiger partial charge in [0.05, 0.1) is 24.3 Å². The van der Waals surface area contributed by atoms with Crippen molar-refractivity contribution in [3.05, 3.63) is 53.7 Å². The number of ether oxygens (including phenoxy) is 2. The SMILES string of the molecule is COc1ccc(C(=O)N2CCC3(CC2)[C@@H](OC)CN3c2ccc(C)cc2)cn1. The van der Waals surface area contributed by atoms with Crippen molar-refractivity contribution in [2.45, 2.75) is 31.4 Å². The van der Waals surface area contributed by atoms with Gasteiger partial charge < -0.3 is 19.3 Å². The van der Waals surface area contributed by atoms with Crippen molar-refractivity contribution in [1.29, 1.82) is 0 Å². The summed E-state index contributed by atoms with van der Waals surface area (Å²) in [6, 6.07) is 12.2. The predicted octanol–water partition coefficient (Wildman–Crippen LogP) is 2.91. The molecule has 1 spiro atoms. The van der Waals surface area contributed by atoms with E-state index in [4.69, 9.17) is 9.47 Å². The highest BCUT2D eigenvalue weighted by molar-refractivity contribution is 5.94. The molecule has 0 N–H and O–H groups in total. The van der Waals surface area contributed by atoms with E-state index >= 15 is 0 Å². The molecule has 3 heterocycles. The van der Waals surface area contributed by atoms with Crippen LogP contribution in [-0.4, -0.2) is 61.3 Å². The third kappa shape index (κ3) is 3.11. The Balaban J connectivity index is 1.47. The van der Waals surface area contributed by atoms with Crippen LogP contribution in [0.5, 0.6) is 5.88 Å². The summed E-state index contributed by atoms with van der Waals surface area (Å²) in [5.41, 5.74) is 3.07.